The minimum atomic E-state index is -1.26. The van der Waals surface area contributed by atoms with Gasteiger partial charge in [-0.25, -0.2) is 0 Å². The van der Waals surface area contributed by atoms with Crippen molar-refractivity contribution in [3.63, 3.8) is 0 Å². The first-order chi connectivity index (χ1) is 23.7. The van der Waals surface area contributed by atoms with Gasteiger partial charge in [0.2, 0.25) is 23.6 Å². The third-order valence-corrected chi connectivity index (χ3v) is 8.61. The fraction of sp³-hybridized carbons (Fsp3) is 0.361. The van der Waals surface area contributed by atoms with Crippen LogP contribution in [0.15, 0.2) is 78.9 Å². The van der Waals surface area contributed by atoms with Crippen LogP contribution in [0.5, 0.6) is 11.5 Å². The van der Waals surface area contributed by atoms with Gasteiger partial charge in [0.05, 0.1) is 31.1 Å². The van der Waals surface area contributed by atoms with Gasteiger partial charge in [0, 0.05) is 18.6 Å². The Bertz CT molecular complexity index is 1640. The zero-order valence-corrected chi connectivity index (χ0v) is 28.0. The van der Waals surface area contributed by atoms with Crippen molar-refractivity contribution in [1.29, 1.82) is 0 Å². The second-order valence-electron chi connectivity index (χ2n) is 12.0. The number of ether oxygens (including phenoxy) is 2. The molecule has 3 aromatic carbocycles. The zero-order chi connectivity index (χ0) is 34.8. The Kier molecular flexibility index (Phi) is 12.1. The van der Waals surface area contributed by atoms with E-state index in [-0.39, 0.29) is 55.9 Å². The van der Waals surface area contributed by atoms with Crippen LogP contribution in [0.1, 0.15) is 35.2 Å². The number of hydrogen-bond acceptors (Lipinski definition) is 7. The molecule has 0 spiro atoms. The molecular weight excluding hydrogens is 650 g/mol. The number of rotatable bonds is 7. The number of likely N-dealkylation sites (N-methyl/N-ethyl adjacent to an activating group) is 1. The molecule has 2 aliphatic heterocycles. The normalized spacial score (nSPS) is 20.7. The molecule has 12 nitrogen and oxygen atoms in total. The van der Waals surface area contributed by atoms with Crippen molar-refractivity contribution >= 4 is 41.1 Å². The predicted octanol–water partition coefficient (Wildman–Crippen LogP) is 2.59. The van der Waals surface area contributed by atoms with E-state index >= 15 is 0 Å². The van der Waals surface area contributed by atoms with E-state index in [2.05, 4.69) is 16.0 Å². The van der Waals surface area contributed by atoms with E-state index in [0.29, 0.717) is 36.6 Å². The smallest absolute Gasteiger partial charge is 0.255 e. The van der Waals surface area contributed by atoms with Crippen molar-refractivity contribution in [1.82, 2.24) is 25.8 Å². The summed E-state index contributed by atoms with van der Waals surface area (Å²) in [6.45, 7) is 0.339. The molecule has 1 fully saturated rings. The number of amides is 5. The van der Waals surface area contributed by atoms with E-state index in [0.717, 1.165) is 5.56 Å². The summed E-state index contributed by atoms with van der Waals surface area (Å²) >= 11 is 5.93. The van der Waals surface area contributed by atoms with Gasteiger partial charge in [0.1, 0.15) is 36.8 Å². The number of carbonyl (C=O) groups excluding carboxylic acids is 5. The second kappa shape index (κ2) is 16.8. The first-order valence-corrected chi connectivity index (χ1v) is 16.6. The SMILES string of the molecule is CN1CC(=O)N[C@H](Cc2ccccc2)COc2ccccc2C(=O)N[C@H](C(=O)NCCOc2ccc(Cl)cc2)CC(=O)N2CCC[C@H]2C1=O. The molecule has 0 saturated carbocycles. The van der Waals surface area contributed by atoms with E-state index in [1.165, 1.54) is 16.8 Å². The lowest BCUT2D eigenvalue weighted by Crippen LogP contribution is -2.53. The van der Waals surface area contributed by atoms with Crippen LogP contribution in [-0.2, 0) is 25.6 Å². The lowest BCUT2D eigenvalue weighted by molar-refractivity contribution is -0.145. The minimum absolute atomic E-state index is 0.0228. The third-order valence-electron chi connectivity index (χ3n) is 8.36. The van der Waals surface area contributed by atoms with Crippen molar-refractivity contribution in [3.8, 4) is 11.5 Å². The van der Waals surface area contributed by atoms with Gasteiger partial charge in [-0.05, 0) is 61.2 Å². The van der Waals surface area contributed by atoms with Crippen LogP contribution in [0.3, 0.4) is 0 Å². The van der Waals surface area contributed by atoms with Gasteiger partial charge < -0.3 is 35.2 Å². The molecule has 2 aliphatic rings. The third kappa shape index (κ3) is 9.73. The maximum absolute atomic E-state index is 13.7. The first kappa shape index (κ1) is 35.2. The predicted molar refractivity (Wildman–Crippen MR) is 182 cm³/mol. The number of fused-ring (bicyclic) bond motifs is 2. The molecule has 5 amide bonds. The zero-order valence-electron chi connectivity index (χ0n) is 27.2. The van der Waals surface area contributed by atoms with E-state index in [9.17, 15) is 24.0 Å². The van der Waals surface area contributed by atoms with Crippen LogP contribution in [0.2, 0.25) is 5.02 Å². The fourth-order valence-corrected chi connectivity index (χ4v) is 6.02. The van der Waals surface area contributed by atoms with Gasteiger partial charge in [0.25, 0.3) is 5.91 Å². The summed E-state index contributed by atoms with van der Waals surface area (Å²) < 4.78 is 11.8. The van der Waals surface area contributed by atoms with Crippen molar-refractivity contribution in [2.75, 3.05) is 39.9 Å². The Hall–Kier alpha value is -5.10. The minimum Gasteiger partial charge on any atom is -0.492 e. The average molecular weight is 690 g/mol. The van der Waals surface area contributed by atoms with E-state index in [1.54, 1.807) is 48.5 Å². The summed E-state index contributed by atoms with van der Waals surface area (Å²) in [7, 11) is 1.53. The van der Waals surface area contributed by atoms with Crippen molar-refractivity contribution in [2.24, 2.45) is 0 Å². The number of benzene rings is 3. The summed E-state index contributed by atoms with van der Waals surface area (Å²) in [6, 6.07) is 20.4. The second-order valence-corrected chi connectivity index (χ2v) is 12.5. The molecule has 0 bridgehead atoms. The summed E-state index contributed by atoms with van der Waals surface area (Å²) in [6.07, 6.45) is 1.05. The summed E-state index contributed by atoms with van der Waals surface area (Å²) in [5.41, 5.74) is 1.12. The maximum Gasteiger partial charge on any atom is 0.255 e. The summed E-state index contributed by atoms with van der Waals surface area (Å²) in [4.78, 5) is 70.3. The average Bonchev–Trinajstić information content (AvgIpc) is 3.59. The highest BCUT2D eigenvalue weighted by molar-refractivity contribution is 6.30. The standard InChI is InChI=1S/C36H40ClN5O7/c1-41-22-32(43)39-26(20-24-8-3-2-4-9-24)23-49-31-12-6-5-10-28(31)34(45)40-29(21-33(44)42-18-7-11-30(42)36(41)47)35(46)38-17-19-48-27-15-13-25(37)14-16-27/h2-6,8-10,12-16,26,29-30H,7,11,17-23H2,1H3,(H,38,46)(H,39,43)(H,40,45)/t26-,29+,30+/m1/s1. The van der Waals surface area contributed by atoms with Crippen LogP contribution in [0.4, 0.5) is 0 Å². The lowest BCUT2D eigenvalue weighted by Gasteiger charge is -2.29. The van der Waals surface area contributed by atoms with Gasteiger partial charge in [0.15, 0.2) is 0 Å². The number of carbonyl (C=O) groups is 5. The molecule has 3 aromatic rings. The van der Waals surface area contributed by atoms with E-state index < -0.39 is 35.8 Å². The van der Waals surface area contributed by atoms with Gasteiger partial charge in [-0.1, -0.05) is 54.1 Å². The molecule has 3 N–H and O–H groups in total. The molecule has 1 saturated heterocycles. The van der Waals surface area contributed by atoms with Crippen LogP contribution >= 0.6 is 11.6 Å². The van der Waals surface area contributed by atoms with Gasteiger partial charge in [-0.3, -0.25) is 24.0 Å². The summed E-state index contributed by atoms with van der Waals surface area (Å²) in [5, 5.41) is 9.00. The van der Waals surface area contributed by atoms with E-state index in [1.807, 2.05) is 30.3 Å². The molecule has 3 atom stereocenters. The molecule has 49 heavy (non-hydrogen) atoms. The number of halogens is 1. The highest BCUT2D eigenvalue weighted by Gasteiger charge is 2.38. The largest absolute Gasteiger partial charge is 0.492 e. The molecule has 258 valence electrons. The number of para-hydroxylation sites is 1. The Morgan fingerprint density at radius 3 is 2.49 bits per heavy atom. The molecule has 5 rings (SSSR count). The van der Waals surface area contributed by atoms with Crippen LogP contribution in [0.25, 0.3) is 0 Å². The van der Waals surface area contributed by atoms with Crippen LogP contribution in [0, 0.1) is 0 Å². The quantitative estimate of drug-likeness (QED) is 0.324. The van der Waals surface area contributed by atoms with Gasteiger partial charge in [-0.2, -0.15) is 0 Å². The van der Waals surface area contributed by atoms with Crippen LogP contribution in [-0.4, -0.2) is 97.4 Å². The Balaban J connectivity index is 1.38. The molecule has 2 heterocycles. The molecule has 0 radical (unpaired) electrons. The Morgan fingerprint density at radius 1 is 0.980 bits per heavy atom. The highest BCUT2D eigenvalue weighted by atomic mass is 35.5. The fourth-order valence-electron chi connectivity index (χ4n) is 5.90. The number of nitrogens with zero attached hydrogens (tertiary/aromatic N) is 2. The highest BCUT2D eigenvalue weighted by Crippen LogP contribution is 2.23. The molecule has 13 heteroatoms. The topological polar surface area (TPSA) is 146 Å². The summed E-state index contributed by atoms with van der Waals surface area (Å²) in [5.74, 6) is -1.63. The van der Waals surface area contributed by atoms with E-state index in [4.69, 9.17) is 21.1 Å². The Labute approximate surface area is 290 Å². The molecular formula is C36H40ClN5O7. The number of nitrogens with one attached hydrogen (secondary N) is 3. The van der Waals surface area contributed by atoms with Crippen molar-refractivity contribution in [2.45, 2.75) is 43.8 Å². The molecule has 0 aromatic heterocycles. The van der Waals surface area contributed by atoms with Crippen LogP contribution < -0.4 is 25.4 Å². The van der Waals surface area contributed by atoms with Gasteiger partial charge in [-0.15, -0.1) is 0 Å². The number of hydrogen-bond donors (Lipinski definition) is 3. The van der Waals surface area contributed by atoms with Gasteiger partial charge >= 0.3 is 0 Å². The van der Waals surface area contributed by atoms with Crippen molar-refractivity contribution in [3.05, 3.63) is 95.0 Å². The Morgan fingerprint density at radius 2 is 1.71 bits per heavy atom. The maximum atomic E-state index is 13.7. The molecule has 0 unspecified atom stereocenters. The first-order valence-electron chi connectivity index (χ1n) is 16.2. The monoisotopic (exact) mass is 689 g/mol. The lowest BCUT2D eigenvalue weighted by atomic mass is 10.1. The van der Waals surface area contributed by atoms with Crippen molar-refractivity contribution < 1.29 is 33.4 Å². The molecule has 0 aliphatic carbocycles.